The Morgan fingerprint density at radius 2 is 1.75 bits per heavy atom. The average molecular weight is 292 g/mol. The van der Waals surface area contributed by atoms with Gasteiger partial charge in [-0.25, -0.2) is 8.78 Å². The van der Waals surface area contributed by atoms with Crippen molar-refractivity contribution < 1.29 is 13.6 Å². The zero-order chi connectivity index (χ0) is 14.3. The number of hydrogen-bond donors (Lipinski definition) is 1. The monoisotopic (exact) mass is 291 g/mol. The Balaban J connectivity index is 2.44. The molecule has 100 valence electrons. The maximum absolute atomic E-state index is 13.9. The second-order valence-corrected chi connectivity index (χ2v) is 4.70. The lowest BCUT2D eigenvalue weighted by molar-refractivity contribution is 0.112. The maximum Gasteiger partial charge on any atom is 0.152 e. The highest BCUT2D eigenvalue weighted by Crippen LogP contribution is 2.35. The molecule has 2 aromatic carbocycles. The number of aromatic amines is 1. The van der Waals surface area contributed by atoms with Gasteiger partial charge in [-0.05, 0) is 18.2 Å². The molecule has 1 N–H and O–H groups in total. The van der Waals surface area contributed by atoms with Crippen molar-refractivity contribution in [2.75, 3.05) is 0 Å². The highest BCUT2D eigenvalue weighted by Gasteiger charge is 2.19. The molecule has 20 heavy (non-hydrogen) atoms. The van der Waals surface area contributed by atoms with Gasteiger partial charge in [0.05, 0.1) is 16.8 Å². The van der Waals surface area contributed by atoms with E-state index >= 15 is 0 Å². The van der Waals surface area contributed by atoms with Crippen molar-refractivity contribution >= 4 is 28.8 Å². The topological polar surface area (TPSA) is 32.9 Å². The molecular formula is C15H8ClF2NO. The van der Waals surface area contributed by atoms with Gasteiger partial charge in [0.1, 0.15) is 11.6 Å². The van der Waals surface area contributed by atoms with Gasteiger partial charge in [0.25, 0.3) is 0 Å². The van der Waals surface area contributed by atoms with Crippen LogP contribution in [0, 0.1) is 11.6 Å². The van der Waals surface area contributed by atoms with Crippen molar-refractivity contribution in [1.82, 2.24) is 4.98 Å². The highest BCUT2D eigenvalue weighted by molar-refractivity contribution is 6.33. The Hall–Kier alpha value is -2.20. The molecule has 0 aliphatic heterocycles. The number of H-pyrrole nitrogens is 1. The van der Waals surface area contributed by atoms with Gasteiger partial charge < -0.3 is 4.98 Å². The normalized spacial score (nSPS) is 10.9. The van der Waals surface area contributed by atoms with Crippen molar-refractivity contribution in [2.45, 2.75) is 0 Å². The lowest BCUT2D eigenvalue weighted by atomic mass is 10.1. The SMILES string of the molecule is O=Cc1c(-c2ccccc2Cl)[nH]c2c(F)ccc(F)c12. The molecule has 5 heteroatoms. The van der Waals surface area contributed by atoms with Crippen LogP contribution in [0.1, 0.15) is 10.4 Å². The Bertz CT molecular complexity index is 826. The summed E-state index contributed by atoms with van der Waals surface area (Å²) in [5.41, 5.74) is 0.850. The zero-order valence-corrected chi connectivity index (χ0v) is 10.8. The second-order valence-electron chi connectivity index (χ2n) is 4.29. The number of aldehydes is 1. The van der Waals surface area contributed by atoms with E-state index in [1.54, 1.807) is 24.3 Å². The molecule has 2 nitrogen and oxygen atoms in total. The van der Waals surface area contributed by atoms with Crippen molar-refractivity contribution in [3.63, 3.8) is 0 Å². The zero-order valence-electron chi connectivity index (χ0n) is 10.1. The first-order valence-electron chi connectivity index (χ1n) is 5.83. The standard InChI is InChI=1S/C15H8ClF2NO/c16-10-4-2-1-3-8(10)14-9(7-20)13-11(17)5-6-12(18)15(13)19-14/h1-7,19H. The van der Waals surface area contributed by atoms with E-state index in [4.69, 9.17) is 11.6 Å². The predicted octanol–water partition coefficient (Wildman–Crippen LogP) is 4.58. The summed E-state index contributed by atoms with van der Waals surface area (Å²) in [6.45, 7) is 0. The van der Waals surface area contributed by atoms with Gasteiger partial charge in [0.2, 0.25) is 0 Å². The van der Waals surface area contributed by atoms with Gasteiger partial charge in [-0.1, -0.05) is 29.8 Å². The number of nitrogens with one attached hydrogen (secondary N) is 1. The Morgan fingerprint density at radius 3 is 2.45 bits per heavy atom. The lowest BCUT2D eigenvalue weighted by Gasteiger charge is -2.02. The van der Waals surface area contributed by atoms with E-state index < -0.39 is 11.6 Å². The van der Waals surface area contributed by atoms with Crippen LogP contribution in [0.25, 0.3) is 22.2 Å². The highest BCUT2D eigenvalue weighted by atomic mass is 35.5. The van der Waals surface area contributed by atoms with Gasteiger partial charge in [-0.2, -0.15) is 0 Å². The molecule has 0 fully saturated rings. The number of fused-ring (bicyclic) bond motifs is 1. The van der Waals surface area contributed by atoms with E-state index in [0.29, 0.717) is 22.6 Å². The van der Waals surface area contributed by atoms with Gasteiger partial charge in [0.15, 0.2) is 6.29 Å². The van der Waals surface area contributed by atoms with Gasteiger partial charge in [-0.3, -0.25) is 4.79 Å². The molecule has 3 aromatic rings. The summed E-state index contributed by atoms with van der Waals surface area (Å²) in [5.74, 6) is -1.28. The minimum Gasteiger partial charge on any atom is -0.351 e. The molecular weight excluding hydrogens is 284 g/mol. The van der Waals surface area contributed by atoms with E-state index in [-0.39, 0.29) is 16.5 Å². The number of carbonyl (C=O) groups is 1. The number of carbonyl (C=O) groups excluding carboxylic acids is 1. The minimum atomic E-state index is -0.655. The fourth-order valence-electron chi connectivity index (χ4n) is 2.25. The number of hydrogen-bond acceptors (Lipinski definition) is 1. The molecule has 0 radical (unpaired) electrons. The van der Waals surface area contributed by atoms with Crippen LogP contribution in [0.2, 0.25) is 5.02 Å². The second kappa shape index (κ2) is 4.72. The first-order chi connectivity index (χ1) is 9.63. The molecule has 0 amide bonds. The quantitative estimate of drug-likeness (QED) is 0.689. The molecule has 0 saturated heterocycles. The molecule has 0 aliphatic rings. The molecule has 1 heterocycles. The van der Waals surface area contributed by atoms with Crippen LogP contribution >= 0.6 is 11.6 Å². The molecule has 0 unspecified atom stereocenters. The Kier molecular flexibility index (Phi) is 3.03. The largest absolute Gasteiger partial charge is 0.351 e. The Morgan fingerprint density at radius 1 is 1.05 bits per heavy atom. The predicted molar refractivity (Wildman–Crippen MR) is 74.0 cm³/mol. The summed E-state index contributed by atoms with van der Waals surface area (Å²) in [4.78, 5) is 14.0. The van der Waals surface area contributed by atoms with E-state index in [1.807, 2.05) is 0 Å². The summed E-state index contributed by atoms with van der Waals surface area (Å²) in [5, 5.41) is 0.331. The van der Waals surface area contributed by atoms with Crippen LogP contribution in [0.15, 0.2) is 36.4 Å². The number of benzene rings is 2. The molecule has 0 bridgehead atoms. The van der Waals surface area contributed by atoms with Crippen molar-refractivity contribution in [3.8, 4) is 11.3 Å². The van der Waals surface area contributed by atoms with Crippen molar-refractivity contribution in [2.24, 2.45) is 0 Å². The summed E-state index contributed by atoms with van der Waals surface area (Å²) in [6, 6.07) is 8.79. The number of halogens is 3. The Labute approximate surface area is 118 Å². The molecule has 0 saturated carbocycles. The molecule has 0 spiro atoms. The van der Waals surface area contributed by atoms with Crippen LogP contribution in [0.3, 0.4) is 0 Å². The van der Waals surface area contributed by atoms with Crippen molar-refractivity contribution in [3.05, 3.63) is 58.6 Å². The fourth-order valence-corrected chi connectivity index (χ4v) is 2.48. The number of rotatable bonds is 2. The van der Waals surface area contributed by atoms with Gasteiger partial charge in [0, 0.05) is 16.0 Å². The van der Waals surface area contributed by atoms with Gasteiger partial charge >= 0.3 is 0 Å². The first kappa shape index (κ1) is 12.8. The number of aromatic nitrogens is 1. The van der Waals surface area contributed by atoms with E-state index in [2.05, 4.69) is 4.98 Å². The fraction of sp³-hybridized carbons (Fsp3) is 0. The average Bonchev–Trinajstić information content (AvgIpc) is 2.84. The summed E-state index contributed by atoms with van der Waals surface area (Å²) < 4.78 is 27.6. The van der Waals surface area contributed by atoms with Crippen molar-refractivity contribution in [1.29, 1.82) is 0 Å². The minimum absolute atomic E-state index is 0.0398. The molecule has 1 aromatic heterocycles. The van der Waals surface area contributed by atoms with Crippen LogP contribution < -0.4 is 0 Å². The first-order valence-corrected chi connectivity index (χ1v) is 6.21. The third-order valence-corrected chi connectivity index (χ3v) is 3.48. The van der Waals surface area contributed by atoms with Crippen LogP contribution in [-0.4, -0.2) is 11.3 Å². The van der Waals surface area contributed by atoms with Crippen LogP contribution in [0.4, 0.5) is 8.78 Å². The van der Waals surface area contributed by atoms with E-state index in [1.165, 1.54) is 0 Å². The lowest BCUT2D eigenvalue weighted by Crippen LogP contribution is -1.87. The third kappa shape index (κ3) is 1.80. The van der Waals surface area contributed by atoms with E-state index in [9.17, 15) is 13.6 Å². The molecule has 0 aliphatic carbocycles. The summed E-state index contributed by atoms with van der Waals surface area (Å²) >= 11 is 6.07. The molecule has 3 rings (SSSR count). The molecule has 0 atom stereocenters. The van der Waals surface area contributed by atoms with E-state index in [0.717, 1.165) is 12.1 Å². The maximum atomic E-state index is 13.9. The summed E-state index contributed by atoms with van der Waals surface area (Å²) in [6.07, 6.45) is 0.500. The summed E-state index contributed by atoms with van der Waals surface area (Å²) in [7, 11) is 0. The smallest absolute Gasteiger partial charge is 0.152 e. The van der Waals surface area contributed by atoms with Gasteiger partial charge in [-0.15, -0.1) is 0 Å². The van der Waals surface area contributed by atoms with Crippen LogP contribution in [0.5, 0.6) is 0 Å². The van der Waals surface area contributed by atoms with Crippen LogP contribution in [-0.2, 0) is 0 Å². The third-order valence-electron chi connectivity index (χ3n) is 3.15.